The number of carbonyl (C=O) groups is 2. The molecule has 2 aromatic rings. The summed E-state index contributed by atoms with van der Waals surface area (Å²) in [4.78, 5) is 29.7. The number of ether oxygens (including phenoxy) is 5. The average Bonchev–Trinajstić information content (AvgIpc) is 2.99. The van der Waals surface area contributed by atoms with Crippen molar-refractivity contribution >= 4 is 11.8 Å². The van der Waals surface area contributed by atoms with Crippen molar-refractivity contribution in [2.24, 2.45) is 0 Å². The monoisotopic (exact) mass is 576 g/mol. The van der Waals surface area contributed by atoms with E-state index in [2.05, 4.69) is 0 Å². The zero-order chi connectivity index (χ0) is 29.7. The van der Waals surface area contributed by atoms with E-state index in [0.717, 1.165) is 41.9 Å². The molecule has 0 aromatic heterocycles. The lowest BCUT2D eigenvalue weighted by Crippen LogP contribution is -2.67. The number of unbranched alkanes of at least 4 members (excludes halogenated alkanes) is 1. The fraction of sp³-hybridized carbons (Fsp3) is 0.533. The van der Waals surface area contributed by atoms with E-state index in [9.17, 15) is 9.59 Å². The number of fused-ring (bicyclic) bond motifs is 2. The van der Waals surface area contributed by atoms with Crippen molar-refractivity contribution in [2.45, 2.75) is 56.5 Å². The third-order valence-electron chi connectivity index (χ3n) is 7.89. The van der Waals surface area contributed by atoms with Gasteiger partial charge in [-0.1, -0.05) is 6.07 Å². The van der Waals surface area contributed by atoms with Gasteiger partial charge >= 0.3 is 5.92 Å². The second kappa shape index (κ2) is 12.8. The van der Waals surface area contributed by atoms with Crippen molar-refractivity contribution in [3.63, 3.8) is 0 Å². The zero-order valence-electron chi connectivity index (χ0n) is 24.2. The number of rotatable bonds is 12. The molecule has 2 unspecified atom stereocenters. The minimum absolute atomic E-state index is 0.0171. The molecule has 41 heavy (non-hydrogen) atoms. The first kappa shape index (κ1) is 30.2. The van der Waals surface area contributed by atoms with Crippen LogP contribution in [0.4, 0.5) is 8.78 Å². The van der Waals surface area contributed by atoms with Crippen LogP contribution in [0.2, 0.25) is 0 Å². The fourth-order valence-corrected chi connectivity index (χ4v) is 5.78. The summed E-state index contributed by atoms with van der Waals surface area (Å²) in [6, 6.07) is 6.55. The lowest BCUT2D eigenvalue weighted by Gasteiger charge is -2.50. The summed E-state index contributed by atoms with van der Waals surface area (Å²) in [5.41, 5.74) is 0.510. The Morgan fingerprint density at radius 3 is 2.15 bits per heavy atom. The Morgan fingerprint density at radius 1 is 0.878 bits per heavy atom. The van der Waals surface area contributed by atoms with Gasteiger partial charge < -0.3 is 33.5 Å². The molecule has 2 aliphatic rings. The van der Waals surface area contributed by atoms with E-state index in [1.807, 2.05) is 18.2 Å². The number of piperidine rings is 1. The normalized spacial score (nSPS) is 18.7. The average molecular weight is 577 g/mol. The van der Waals surface area contributed by atoms with E-state index in [1.54, 1.807) is 19.1 Å². The molecule has 2 aliphatic heterocycles. The number of halogens is 2. The molecule has 0 aliphatic carbocycles. The van der Waals surface area contributed by atoms with Gasteiger partial charge in [-0.25, -0.2) is 0 Å². The minimum atomic E-state index is -3.90. The third kappa shape index (κ3) is 5.99. The number of nitrogens with zero attached hydrogens (tertiary/aromatic N) is 2. The number of benzene rings is 2. The summed E-state index contributed by atoms with van der Waals surface area (Å²) in [5, 5.41) is 0. The van der Waals surface area contributed by atoms with Crippen molar-refractivity contribution in [1.29, 1.82) is 0 Å². The maximum absolute atomic E-state index is 15.8. The van der Waals surface area contributed by atoms with E-state index >= 15 is 8.78 Å². The van der Waals surface area contributed by atoms with Gasteiger partial charge in [-0.2, -0.15) is 8.78 Å². The van der Waals surface area contributed by atoms with Crippen LogP contribution in [-0.2, 0) is 21.9 Å². The number of aryl methyl sites for hydroxylation is 1. The standard InChI is InChI=1S/C30H38F2N2O7/c1-37-23-13-12-19(15-24(23)38-2)9-6-7-14-33-18-21-10-8-11-22(28(33)35)34(21)29(36)30(31,32)20-16-25(39-3)27(41-5)26(17-20)40-4/h12-13,15-17,21-22H,6-11,14,18H2,1-5H3. The molecule has 9 nitrogen and oxygen atoms in total. The van der Waals surface area contributed by atoms with E-state index in [1.165, 1.54) is 21.3 Å². The smallest absolute Gasteiger partial charge is 0.350 e. The van der Waals surface area contributed by atoms with Crippen molar-refractivity contribution in [3.8, 4) is 28.7 Å². The molecule has 2 saturated heterocycles. The third-order valence-corrected chi connectivity index (χ3v) is 7.89. The highest BCUT2D eigenvalue weighted by Crippen LogP contribution is 2.44. The fourth-order valence-electron chi connectivity index (χ4n) is 5.78. The lowest BCUT2D eigenvalue weighted by molar-refractivity contribution is -0.177. The number of hydrogen-bond donors (Lipinski definition) is 0. The Kier molecular flexibility index (Phi) is 9.45. The summed E-state index contributed by atoms with van der Waals surface area (Å²) in [6.07, 6.45) is 3.98. The molecule has 2 amide bonds. The molecule has 224 valence electrons. The summed E-state index contributed by atoms with van der Waals surface area (Å²) in [5.74, 6) is -4.05. The number of amides is 2. The Morgan fingerprint density at radius 2 is 1.54 bits per heavy atom. The van der Waals surface area contributed by atoms with Gasteiger partial charge in [0.25, 0.3) is 5.91 Å². The maximum atomic E-state index is 15.8. The van der Waals surface area contributed by atoms with Crippen LogP contribution in [0.15, 0.2) is 30.3 Å². The maximum Gasteiger partial charge on any atom is 0.350 e. The Bertz CT molecular complexity index is 1230. The number of likely N-dealkylation sites (tertiary alicyclic amines) is 1. The van der Waals surface area contributed by atoms with Crippen molar-refractivity contribution in [1.82, 2.24) is 9.80 Å². The molecular formula is C30H38F2N2O7. The minimum Gasteiger partial charge on any atom is -0.493 e. The van der Waals surface area contributed by atoms with E-state index in [4.69, 9.17) is 23.7 Å². The molecule has 0 spiro atoms. The number of alkyl halides is 2. The molecule has 0 N–H and O–H groups in total. The van der Waals surface area contributed by atoms with Crippen LogP contribution in [0.25, 0.3) is 0 Å². The van der Waals surface area contributed by atoms with Gasteiger partial charge in [-0.15, -0.1) is 0 Å². The zero-order valence-corrected chi connectivity index (χ0v) is 24.2. The molecule has 2 heterocycles. The van der Waals surface area contributed by atoms with Crippen LogP contribution in [-0.4, -0.2) is 82.3 Å². The molecule has 2 fully saturated rings. The van der Waals surface area contributed by atoms with Crippen molar-refractivity contribution < 1.29 is 42.1 Å². The van der Waals surface area contributed by atoms with E-state index in [0.29, 0.717) is 37.3 Å². The Balaban J connectivity index is 1.44. The second-order valence-corrected chi connectivity index (χ2v) is 10.2. The quantitative estimate of drug-likeness (QED) is 0.346. The first-order valence-corrected chi connectivity index (χ1v) is 13.7. The Hall–Kier alpha value is -3.76. The van der Waals surface area contributed by atoms with E-state index in [-0.39, 0.29) is 29.7 Å². The summed E-state index contributed by atoms with van der Waals surface area (Å²) < 4.78 is 57.8. The number of carbonyl (C=O) groups excluding carboxylic acids is 2. The first-order valence-electron chi connectivity index (χ1n) is 13.7. The van der Waals surface area contributed by atoms with Crippen molar-refractivity contribution in [3.05, 3.63) is 41.5 Å². The predicted octanol–water partition coefficient (Wildman–Crippen LogP) is 4.44. The largest absolute Gasteiger partial charge is 0.493 e. The van der Waals surface area contributed by atoms with Crippen molar-refractivity contribution in [2.75, 3.05) is 48.6 Å². The SMILES string of the molecule is COc1ccc(CCCCN2CC3CCCC(C2=O)N3C(=O)C(F)(F)c2cc(OC)c(OC)c(OC)c2)cc1OC. The molecule has 2 atom stereocenters. The van der Waals surface area contributed by atoms with Crippen LogP contribution in [0.5, 0.6) is 28.7 Å². The molecule has 0 radical (unpaired) electrons. The van der Waals surface area contributed by atoms with Gasteiger partial charge in [0.1, 0.15) is 6.04 Å². The highest BCUT2D eigenvalue weighted by molar-refractivity contribution is 5.93. The molecule has 2 bridgehead atoms. The van der Waals surface area contributed by atoms with Crippen LogP contribution in [0.1, 0.15) is 43.2 Å². The van der Waals surface area contributed by atoms with Gasteiger partial charge in [0, 0.05) is 18.7 Å². The van der Waals surface area contributed by atoms with E-state index < -0.39 is 29.5 Å². The highest BCUT2D eigenvalue weighted by atomic mass is 19.3. The van der Waals surface area contributed by atoms with Gasteiger partial charge in [0.2, 0.25) is 11.7 Å². The molecule has 11 heteroatoms. The van der Waals surface area contributed by atoms with Crippen LogP contribution in [0, 0.1) is 0 Å². The molecule has 0 saturated carbocycles. The number of hydrogen-bond acceptors (Lipinski definition) is 7. The molecule has 2 aromatic carbocycles. The molecule has 4 rings (SSSR count). The van der Waals surface area contributed by atoms with Gasteiger partial charge in [0.05, 0.1) is 41.6 Å². The summed E-state index contributed by atoms with van der Waals surface area (Å²) in [6.45, 7) is 0.743. The topological polar surface area (TPSA) is 86.8 Å². The van der Waals surface area contributed by atoms with Gasteiger partial charge in [0.15, 0.2) is 23.0 Å². The summed E-state index contributed by atoms with van der Waals surface area (Å²) >= 11 is 0. The molecular weight excluding hydrogens is 538 g/mol. The Labute approximate surface area is 239 Å². The number of methoxy groups -OCH3 is 5. The van der Waals surface area contributed by atoms with Gasteiger partial charge in [-0.3, -0.25) is 9.59 Å². The first-order chi connectivity index (χ1) is 19.7. The second-order valence-electron chi connectivity index (χ2n) is 10.2. The highest BCUT2D eigenvalue weighted by Gasteiger charge is 2.53. The van der Waals surface area contributed by atoms with Gasteiger partial charge in [-0.05, 0) is 68.4 Å². The number of piperazine rings is 1. The lowest BCUT2D eigenvalue weighted by atomic mass is 9.89. The predicted molar refractivity (Wildman–Crippen MR) is 147 cm³/mol. The summed E-state index contributed by atoms with van der Waals surface area (Å²) in [7, 11) is 7.18. The van der Waals surface area contributed by atoms with Crippen LogP contribution < -0.4 is 23.7 Å². The van der Waals surface area contributed by atoms with Crippen LogP contribution in [0.3, 0.4) is 0 Å². The van der Waals surface area contributed by atoms with Crippen LogP contribution >= 0.6 is 0 Å².